The zero-order valence-corrected chi connectivity index (χ0v) is 10.6. The van der Waals surface area contributed by atoms with E-state index in [0.717, 1.165) is 5.69 Å². The van der Waals surface area contributed by atoms with Crippen LogP contribution >= 0.6 is 0 Å². The fourth-order valence-electron chi connectivity index (χ4n) is 3.38. The number of rotatable bonds is 1. The molecule has 1 atom stereocenters. The second-order valence-electron chi connectivity index (χ2n) is 5.39. The summed E-state index contributed by atoms with van der Waals surface area (Å²) >= 11 is 0. The van der Waals surface area contributed by atoms with Gasteiger partial charge in [-0.3, -0.25) is 0 Å². The molecular formula is C15H16N2O2. The molecule has 98 valence electrons. The molecule has 1 aromatic heterocycles. The number of hydrogen-bond donors (Lipinski definition) is 1. The van der Waals surface area contributed by atoms with Crippen molar-refractivity contribution in [3.8, 4) is 11.3 Å². The molecule has 0 spiro atoms. The van der Waals surface area contributed by atoms with Gasteiger partial charge in [-0.1, -0.05) is 24.3 Å². The summed E-state index contributed by atoms with van der Waals surface area (Å²) in [6, 6.07) is 8.25. The summed E-state index contributed by atoms with van der Waals surface area (Å²) < 4.78 is 7.50. The van der Waals surface area contributed by atoms with Gasteiger partial charge in [-0.15, -0.1) is 0 Å². The molecule has 0 unspecified atom stereocenters. The minimum atomic E-state index is -0.736. The molecular weight excluding hydrogens is 240 g/mol. The third-order valence-corrected chi connectivity index (χ3v) is 4.34. The van der Waals surface area contributed by atoms with Crippen LogP contribution in [0.5, 0.6) is 0 Å². The lowest BCUT2D eigenvalue weighted by atomic mass is 9.82. The molecule has 0 radical (unpaired) electrons. The van der Waals surface area contributed by atoms with Crippen LogP contribution in [-0.4, -0.2) is 33.5 Å². The van der Waals surface area contributed by atoms with E-state index in [2.05, 4.69) is 21.7 Å². The molecule has 1 aromatic carbocycles. The molecule has 2 aliphatic rings. The molecule has 3 heterocycles. The van der Waals surface area contributed by atoms with Crippen molar-refractivity contribution in [1.29, 1.82) is 0 Å². The average molecular weight is 256 g/mol. The van der Waals surface area contributed by atoms with E-state index in [9.17, 15) is 5.11 Å². The first kappa shape index (κ1) is 11.2. The SMILES string of the molecule is OC1([C@H]2c3ccccc3-c3cncn32)CCOCC1. The van der Waals surface area contributed by atoms with Crippen LogP contribution in [0.25, 0.3) is 11.3 Å². The predicted octanol–water partition coefficient (Wildman–Crippen LogP) is 1.99. The van der Waals surface area contributed by atoms with Crippen molar-refractivity contribution in [2.45, 2.75) is 24.5 Å². The Kier molecular flexibility index (Phi) is 2.31. The number of nitrogens with zero attached hydrogens (tertiary/aromatic N) is 2. The third-order valence-electron chi connectivity index (χ3n) is 4.34. The Bertz CT molecular complexity index is 614. The number of fused-ring (bicyclic) bond motifs is 3. The number of benzene rings is 1. The molecule has 2 aliphatic heterocycles. The Morgan fingerprint density at radius 1 is 1.26 bits per heavy atom. The summed E-state index contributed by atoms with van der Waals surface area (Å²) in [5.41, 5.74) is 2.75. The van der Waals surface area contributed by atoms with Crippen LogP contribution in [0.2, 0.25) is 0 Å². The van der Waals surface area contributed by atoms with Crippen molar-refractivity contribution < 1.29 is 9.84 Å². The van der Waals surface area contributed by atoms with Crippen LogP contribution < -0.4 is 0 Å². The molecule has 1 N–H and O–H groups in total. The Morgan fingerprint density at radius 2 is 2.05 bits per heavy atom. The molecule has 0 bridgehead atoms. The normalized spacial score (nSPS) is 23.9. The van der Waals surface area contributed by atoms with Crippen molar-refractivity contribution >= 4 is 0 Å². The smallest absolute Gasteiger partial charge is 0.0957 e. The first-order chi connectivity index (χ1) is 9.30. The van der Waals surface area contributed by atoms with Crippen molar-refractivity contribution in [2.24, 2.45) is 0 Å². The van der Waals surface area contributed by atoms with Crippen LogP contribution in [0, 0.1) is 0 Å². The molecule has 0 saturated carbocycles. The molecule has 0 aliphatic carbocycles. The van der Waals surface area contributed by atoms with Gasteiger partial charge in [0.2, 0.25) is 0 Å². The Hall–Kier alpha value is -1.65. The van der Waals surface area contributed by atoms with Gasteiger partial charge < -0.3 is 14.4 Å². The zero-order valence-electron chi connectivity index (χ0n) is 10.6. The second kappa shape index (κ2) is 3.92. The van der Waals surface area contributed by atoms with Gasteiger partial charge in [0.05, 0.1) is 29.9 Å². The minimum absolute atomic E-state index is 0.0369. The second-order valence-corrected chi connectivity index (χ2v) is 5.39. The summed E-state index contributed by atoms with van der Waals surface area (Å²) in [4.78, 5) is 4.24. The number of ether oxygens (including phenoxy) is 1. The lowest BCUT2D eigenvalue weighted by molar-refractivity contribution is -0.0841. The lowest BCUT2D eigenvalue weighted by Crippen LogP contribution is -2.43. The molecule has 0 amide bonds. The van der Waals surface area contributed by atoms with Crippen molar-refractivity contribution in [1.82, 2.24) is 9.55 Å². The Labute approximate surface area is 111 Å². The summed E-state index contributed by atoms with van der Waals surface area (Å²) in [6.07, 6.45) is 5.04. The van der Waals surface area contributed by atoms with E-state index in [1.807, 2.05) is 24.7 Å². The Balaban J connectivity index is 1.89. The number of imidazole rings is 1. The van der Waals surface area contributed by atoms with Gasteiger partial charge in [0.25, 0.3) is 0 Å². The molecule has 1 saturated heterocycles. The van der Waals surface area contributed by atoms with E-state index in [1.165, 1.54) is 11.1 Å². The highest BCUT2D eigenvalue weighted by Gasteiger charge is 2.44. The summed E-state index contributed by atoms with van der Waals surface area (Å²) in [7, 11) is 0. The van der Waals surface area contributed by atoms with Crippen LogP contribution in [0.1, 0.15) is 24.4 Å². The van der Waals surface area contributed by atoms with Crippen LogP contribution in [0.15, 0.2) is 36.8 Å². The van der Waals surface area contributed by atoms with E-state index < -0.39 is 5.60 Å². The highest BCUT2D eigenvalue weighted by atomic mass is 16.5. The van der Waals surface area contributed by atoms with Gasteiger partial charge in [0.1, 0.15) is 0 Å². The van der Waals surface area contributed by atoms with Crippen molar-refractivity contribution in [3.63, 3.8) is 0 Å². The standard InChI is InChI=1S/C15H16N2O2/c18-15(5-7-19-8-6-15)14-12-4-2-1-3-11(12)13-9-16-10-17(13)14/h1-4,9-10,14,18H,5-8H2/t14-/m1/s1. The van der Waals surface area contributed by atoms with Gasteiger partial charge in [-0.05, 0) is 5.56 Å². The number of aliphatic hydroxyl groups is 1. The van der Waals surface area contributed by atoms with E-state index in [1.54, 1.807) is 0 Å². The monoisotopic (exact) mass is 256 g/mol. The quantitative estimate of drug-likeness (QED) is 0.849. The highest BCUT2D eigenvalue weighted by molar-refractivity contribution is 5.69. The van der Waals surface area contributed by atoms with E-state index in [4.69, 9.17) is 4.74 Å². The molecule has 4 heteroatoms. The van der Waals surface area contributed by atoms with Gasteiger partial charge in [-0.2, -0.15) is 0 Å². The van der Waals surface area contributed by atoms with Crippen LogP contribution in [0.3, 0.4) is 0 Å². The van der Waals surface area contributed by atoms with Gasteiger partial charge in [0.15, 0.2) is 0 Å². The Morgan fingerprint density at radius 3 is 2.89 bits per heavy atom. The van der Waals surface area contributed by atoms with Crippen molar-refractivity contribution in [3.05, 3.63) is 42.4 Å². The van der Waals surface area contributed by atoms with Gasteiger partial charge >= 0.3 is 0 Å². The molecule has 1 fully saturated rings. The van der Waals surface area contributed by atoms with E-state index >= 15 is 0 Å². The summed E-state index contributed by atoms with van der Waals surface area (Å²) in [5.74, 6) is 0. The molecule has 2 aromatic rings. The minimum Gasteiger partial charge on any atom is -0.387 e. The predicted molar refractivity (Wildman–Crippen MR) is 70.8 cm³/mol. The number of aromatic nitrogens is 2. The topological polar surface area (TPSA) is 47.3 Å². The first-order valence-electron chi connectivity index (χ1n) is 6.71. The first-order valence-corrected chi connectivity index (χ1v) is 6.71. The molecule has 4 rings (SSSR count). The number of hydrogen-bond acceptors (Lipinski definition) is 3. The maximum Gasteiger partial charge on any atom is 0.0957 e. The van der Waals surface area contributed by atoms with Crippen molar-refractivity contribution in [2.75, 3.05) is 13.2 Å². The maximum absolute atomic E-state index is 11.1. The maximum atomic E-state index is 11.1. The largest absolute Gasteiger partial charge is 0.387 e. The van der Waals surface area contributed by atoms with E-state index in [-0.39, 0.29) is 6.04 Å². The average Bonchev–Trinajstić information content (AvgIpc) is 2.99. The molecule has 19 heavy (non-hydrogen) atoms. The van der Waals surface area contributed by atoms with E-state index in [0.29, 0.717) is 26.1 Å². The highest BCUT2D eigenvalue weighted by Crippen LogP contribution is 2.47. The zero-order chi connectivity index (χ0) is 12.9. The fourth-order valence-corrected chi connectivity index (χ4v) is 3.38. The molecule has 4 nitrogen and oxygen atoms in total. The fraction of sp³-hybridized carbons (Fsp3) is 0.400. The third kappa shape index (κ3) is 1.50. The summed E-state index contributed by atoms with van der Waals surface area (Å²) in [6.45, 7) is 1.25. The van der Waals surface area contributed by atoms with Crippen LogP contribution in [-0.2, 0) is 4.74 Å². The van der Waals surface area contributed by atoms with Crippen LogP contribution in [0.4, 0.5) is 0 Å². The summed E-state index contributed by atoms with van der Waals surface area (Å²) in [5, 5.41) is 11.1. The lowest BCUT2D eigenvalue weighted by Gasteiger charge is -2.38. The van der Waals surface area contributed by atoms with Gasteiger partial charge in [0, 0.05) is 31.6 Å². The van der Waals surface area contributed by atoms with Gasteiger partial charge in [-0.25, -0.2) is 4.98 Å².